The molecule has 1 aromatic heterocycles. The number of carbonyl (C=O) groups excluding carboxylic acids is 3. The van der Waals surface area contributed by atoms with Crippen LogP contribution in [0, 0.1) is 0 Å². The number of β-lactam (4-membered cyclic amide) rings is 1. The molecule has 3 N–H and O–H groups in total. The number of carbonyl (C=O) groups is 3. The van der Waals surface area contributed by atoms with Crippen molar-refractivity contribution >= 4 is 51.7 Å². The maximum absolute atomic E-state index is 13.5. The number of oxime groups is 1. The van der Waals surface area contributed by atoms with Gasteiger partial charge in [0.15, 0.2) is 10.8 Å². The molecule has 1 unspecified atom stereocenters. The van der Waals surface area contributed by atoms with Crippen LogP contribution < -0.4 is 39.8 Å². The van der Waals surface area contributed by atoms with Crippen LogP contribution >= 0.6 is 23.1 Å². The molecule has 3 atom stereocenters. The molecule has 3 aliphatic rings. The first-order valence-corrected chi connectivity index (χ1v) is 15.3. The fourth-order valence-electron chi connectivity index (χ4n) is 4.87. The van der Waals surface area contributed by atoms with Crippen LogP contribution in [-0.2, 0) is 35.4 Å². The molecule has 1 aromatic carbocycles. The summed E-state index contributed by atoms with van der Waals surface area (Å²) in [6.45, 7) is 0.865. The number of hydrogen-bond acceptors (Lipinski definition) is 12. The number of quaternary nitrogens is 1. The molecule has 0 saturated carbocycles. The Labute approximate surface area is 280 Å². The largest absolute Gasteiger partial charge is 1.00 e. The zero-order valence-electron chi connectivity index (χ0n) is 24.5. The van der Waals surface area contributed by atoms with Crippen LogP contribution in [0.2, 0.25) is 0 Å². The van der Waals surface area contributed by atoms with Gasteiger partial charge in [0.2, 0.25) is 0 Å². The van der Waals surface area contributed by atoms with Gasteiger partial charge in [0.05, 0.1) is 21.2 Å². The minimum atomic E-state index is -0.901. The minimum absolute atomic E-state index is 0. The molecule has 16 heteroatoms. The smallest absolute Gasteiger partial charge is 0.355 e. The summed E-state index contributed by atoms with van der Waals surface area (Å²) in [5, 5.41) is 7.81. The highest BCUT2D eigenvalue weighted by molar-refractivity contribution is 8.00. The van der Waals surface area contributed by atoms with E-state index in [-0.39, 0.29) is 58.9 Å². The third kappa shape index (κ3) is 7.36. The summed E-state index contributed by atoms with van der Waals surface area (Å²) < 4.78 is 11.3. The van der Waals surface area contributed by atoms with Gasteiger partial charge in [-0.15, -0.1) is 23.1 Å². The van der Waals surface area contributed by atoms with E-state index >= 15 is 0 Å². The van der Waals surface area contributed by atoms with Crippen molar-refractivity contribution in [2.45, 2.75) is 30.5 Å². The first-order chi connectivity index (χ1) is 20.6. The number of amides is 2. The van der Waals surface area contributed by atoms with E-state index in [1.807, 2.05) is 26.2 Å². The lowest BCUT2D eigenvalue weighted by Crippen LogP contribution is -3.00. The van der Waals surface area contributed by atoms with Gasteiger partial charge in [0.1, 0.15) is 54.9 Å². The summed E-state index contributed by atoms with van der Waals surface area (Å²) in [6, 6.07) is 6.25. The summed E-state index contributed by atoms with van der Waals surface area (Å²) in [5.41, 5.74) is 7.38. The van der Waals surface area contributed by atoms with Crippen LogP contribution in [0.25, 0.3) is 0 Å². The summed E-state index contributed by atoms with van der Waals surface area (Å²) in [4.78, 5) is 56.5. The number of hydrogen-bond donors (Lipinski definition) is 2. The number of methoxy groups -OCH3 is 1. The van der Waals surface area contributed by atoms with Gasteiger partial charge in [-0.05, 0) is 29.3 Å². The van der Waals surface area contributed by atoms with Gasteiger partial charge in [-0.2, -0.15) is 9.48 Å². The fourth-order valence-corrected chi connectivity index (χ4v) is 6.73. The fraction of sp³-hybridized carbons (Fsp3) is 0.393. The van der Waals surface area contributed by atoms with E-state index in [1.165, 1.54) is 23.8 Å². The first-order valence-electron chi connectivity index (χ1n) is 13.4. The number of benzene rings is 1. The quantitative estimate of drug-likeness (QED) is 0.0757. The van der Waals surface area contributed by atoms with E-state index in [4.69, 9.17) is 24.9 Å². The van der Waals surface area contributed by atoms with Crippen LogP contribution in [0.5, 0.6) is 5.75 Å². The zero-order valence-corrected chi connectivity index (χ0v) is 28.3. The van der Waals surface area contributed by atoms with Crippen LogP contribution in [0.4, 0.5) is 5.13 Å². The number of nitrogen functional groups attached to an aromatic ring is 1. The Morgan fingerprint density at radius 2 is 2.02 bits per heavy atom. The molecule has 2 saturated heterocycles. The number of thiazole rings is 1. The number of aromatic nitrogens is 1. The number of nitrogens with two attached hydrogens (primary N) is 1. The van der Waals surface area contributed by atoms with Gasteiger partial charge in [0.25, 0.3) is 11.8 Å². The Balaban J connectivity index is 0.00000442. The second-order valence-electron chi connectivity index (χ2n) is 10.4. The van der Waals surface area contributed by atoms with Crippen LogP contribution in [-0.4, -0.2) is 96.2 Å². The highest BCUT2D eigenvalue weighted by Gasteiger charge is 2.54. The average Bonchev–Trinajstić information content (AvgIpc) is 3.59. The van der Waals surface area contributed by atoms with E-state index in [1.54, 1.807) is 36.8 Å². The van der Waals surface area contributed by atoms with Crippen molar-refractivity contribution in [3.8, 4) is 5.75 Å². The van der Waals surface area contributed by atoms with Crippen molar-refractivity contribution in [3.63, 3.8) is 0 Å². The SMILES string of the molecule is CO/N=C(\C(=O)N[C@@H]1C(=O)N2C(C(=O)OCc3ccc(OC)cc3)=C(/C=C/C3CC[N+](C)(C)O3)CS[C@H]12)c1csc(N)n1.[I-]. The van der Waals surface area contributed by atoms with Crippen molar-refractivity contribution in [2.75, 3.05) is 46.3 Å². The molecule has 2 aromatic rings. The molecule has 236 valence electrons. The number of fused-ring (bicyclic) bond motifs is 1. The topological polar surface area (TPSA) is 155 Å². The normalized spacial score (nSPS) is 22.6. The third-order valence-corrected chi connectivity index (χ3v) is 9.03. The van der Waals surface area contributed by atoms with Gasteiger partial charge >= 0.3 is 5.97 Å². The average molecular weight is 757 g/mol. The molecule has 44 heavy (non-hydrogen) atoms. The first kappa shape index (κ1) is 33.7. The van der Waals surface area contributed by atoms with Crippen molar-refractivity contribution < 1.29 is 62.2 Å². The number of halogens is 1. The number of ether oxygens (including phenoxy) is 2. The molecule has 4 heterocycles. The van der Waals surface area contributed by atoms with E-state index in [0.29, 0.717) is 21.7 Å². The van der Waals surface area contributed by atoms with Crippen LogP contribution in [0.3, 0.4) is 0 Å². The van der Waals surface area contributed by atoms with Gasteiger partial charge < -0.3 is 49.3 Å². The van der Waals surface area contributed by atoms with Crippen molar-refractivity contribution in [1.29, 1.82) is 0 Å². The standard InChI is InChI=1S/C28H32N6O7S2.HI/c1-34(2)12-11-19(41-34)10-7-17-14-42-26-22(31-24(35)21(32-39-4)20-15-43-28(29)30-20)25(36)33(26)23(17)27(37)40-13-16-5-8-18(38-3)9-6-16;/h5-10,15,19,22,26H,11-14H2,1-4H3,(H2-,29,30,31,35);1H/b10-7+,32-21-;/t19?,22-,26-;/m1./s1. The van der Waals surface area contributed by atoms with Crippen molar-refractivity contribution in [3.05, 3.63) is 64.3 Å². The lowest BCUT2D eigenvalue weighted by atomic mass is 10.0. The number of hydroxylamine groups is 3. The number of rotatable bonds is 10. The van der Waals surface area contributed by atoms with Crippen molar-refractivity contribution in [1.82, 2.24) is 15.2 Å². The van der Waals surface area contributed by atoms with Gasteiger partial charge in [-0.3, -0.25) is 14.5 Å². The number of anilines is 1. The molecule has 3 aliphatic heterocycles. The Hall–Kier alpha value is -3.19. The van der Waals surface area contributed by atoms with Crippen molar-refractivity contribution in [2.24, 2.45) is 5.16 Å². The molecular weight excluding hydrogens is 723 g/mol. The maximum atomic E-state index is 13.5. The Kier molecular flexibility index (Phi) is 10.9. The van der Waals surface area contributed by atoms with Crippen LogP contribution in [0.15, 0.2) is 58.2 Å². The molecule has 0 spiro atoms. The van der Waals surface area contributed by atoms with Crippen LogP contribution in [0.1, 0.15) is 17.7 Å². The van der Waals surface area contributed by atoms with Gasteiger partial charge in [-0.25, -0.2) is 9.78 Å². The minimum Gasteiger partial charge on any atom is -1.00 e. The lowest BCUT2D eigenvalue weighted by Gasteiger charge is -2.49. The third-order valence-electron chi connectivity index (χ3n) is 7.05. The lowest BCUT2D eigenvalue weighted by molar-refractivity contribution is -1.06. The number of esters is 1. The number of thioether (sulfide) groups is 1. The van der Waals surface area contributed by atoms with E-state index in [9.17, 15) is 14.4 Å². The molecule has 2 fully saturated rings. The van der Waals surface area contributed by atoms with E-state index in [2.05, 4.69) is 15.5 Å². The molecule has 2 amide bonds. The zero-order chi connectivity index (χ0) is 30.7. The number of nitrogens with zero attached hydrogens (tertiary/aromatic N) is 4. The predicted octanol–water partition coefficient (Wildman–Crippen LogP) is -1.18. The summed E-state index contributed by atoms with van der Waals surface area (Å²) in [6.07, 6.45) is 4.45. The highest BCUT2D eigenvalue weighted by atomic mass is 127. The maximum Gasteiger partial charge on any atom is 0.355 e. The highest BCUT2D eigenvalue weighted by Crippen LogP contribution is 2.41. The van der Waals surface area contributed by atoms with E-state index < -0.39 is 29.2 Å². The summed E-state index contributed by atoms with van der Waals surface area (Å²) in [5.74, 6) is -0.636. The molecule has 13 nitrogen and oxygen atoms in total. The summed E-state index contributed by atoms with van der Waals surface area (Å²) >= 11 is 2.58. The predicted molar refractivity (Wildman–Crippen MR) is 161 cm³/mol. The Morgan fingerprint density at radius 3 is 2.64 bits per heavy atom. The molecule has 0 radical (unpaired) electrons. The van der Waals surface area contributed by atoms with Gasteiger partial charge in [-0.1, -0.05) is 23.4 Å². The summed E-state index contributed by atoms with van der Waals surface area (Å²) in [7, 11) is 6.84. The monoisotopic (exact) mass is 756 g/mol. The Morgan fingerprint density at radius 1 is 1.27 bits per heavy atom. The Bertz CT molecular complexity index is 1490. The second kappa shape index (κ2) is 14.3. The number of allylic oxidation sites excluding steroid dienone is 1. The molecule has 5 rings (SSSR count). The molecule has 0 bridgehead atoms. The second-order valence-corrected chi connectivity index (χ2v) is 12.4. The van der Waals surface area contributed by atoms with Gasteiger partial charge in [0, 0.05) is 17.6 Å². The number of nitrogens with one attached hydrogen (secondary N) is 1. The molecule has 0 aliphatic carbocycles. The molecular formula is C28H33IN6O7S2. The van der Waals surface area contributed by atoms with E-state index in [0.717, 1.165) is 29.9 Å².